The number of rotatable bonds is 3. The van der Waals surface area contributed by atoms with Crippen molar-refractivity contribution in [2.75, 3.05) is 13.1 Å². The number of hydrogen-bond acceptors (Lipinski definition) is 4. The second kappa shape index (κ2) is 7.56. The van der Waals surface area contributed by atoms with Crippen LogP contribution in [-0.4, -0.2) is 45.7 Å². The number of carbonyl (C=O) groups is 1. The van der Waals surface area contributed by atoms with Crippen LogP contribution in [0.15, 0.2) is 59.5 Å². The molecule has 1 saturated heterocycles. The average Bonchev–Trinajstić information content (AvgIpc) is 2.69. The number of amides is 1. The molecule has 3 aromatic rings. The summed E-state index contributed by atoms with van der Waals surface area (Å²) in [6, 6.07) is 15.1. The van der Waals surface area contributed by atoms with E-state index >= 15 is 0 Å². The fourth-order valence-corrected chi connectivity index (χ4v) is 3.79. The molecule has 0 saturated carbocycles. The molecule has 0 spiro atoms. The molecule has 1 fully saturated rings. The third-order valence-corrected chi connectivity index (χ3v) is 4.97. The SMILES string of the molecule is C[C@@H]1CN(C(=O)c2cc3cccnc3n(Cc3ccccc3)c2=O)C[C@H](C)O1. The van der Waals surface area contributed by atoms with Gasteiger partial charge < -0.3 is 9.64 Å². The van der Waals surface area contributed by atoms with E-state index in [1.54, 1.807) is 21.7 Å². The summed E-state index contributed by atoms with van der Waals surface area (Å²) in [7, 11) is 0. The zero-order valence-corrected chi connectivity index (χ0v) is 16.0. The predicted octanol–water partition coefficient (Wildman–Crippen LogP) is 2.69. The van der Waals surface area contributed by atoms with E-state index in [2.05, 4.69) is 4.98 Å². The van der Waals surface area contributed by atoms with E-state index in [4.69, 9.17) is 4.74 Å². The minimum atomic E-state index is -0.313. The second-order valence-electron chi connectivity index (χ2n) is 7.32. The first kappa shape index (κ1) is 18.4. The maximum atomic E-state index is 13.3. The van der Waals surface area contributed by atoms with Crippen molar-refractivity contribution in [3.05, 3.63) is 76.2 Å². The van der Waals surface area contributed by atoms with Gasteiger partial charge in [0.1, 0.15) is 11.2 Å². The first-order chi connectivity index (χ1) is 13.5. The van der Waals surface area contributed by atoms with E-state index in [0.717, 1.165) is 10.9 Å². The maximum absolute atomic E-state index is 13.3. The molecule has 0 unspecified atom stereocenters. The van der Waals surface area contributed by atoms with Crippen LogP contribution in [0.5, 0.6) is 0 Å². The molecule has 0 N–H and O–H groups in total. The van der Waals surface area contributed by atoms with Crippen LogP contribution in [0, 0.1) is 0 Å². The van der Waals surface area contributed by atoms with Gasteiger partial charge in [-0.25, -0.2) is 4.98 Å². The molecular weight excluding hydrogens is 354 g/mol. The summed E-state index contributed by atoms with van der Waals surface area (Å²) >= 11 is 0. The molecule has 2 atom stereocenters. The van der Waals surface area contributed by atoms with Gasteiger partial charge in [0.05, 0.1) is 18.8 Å². The highest BCUT2D eigenvalue weighted by atomic mass is 16.5. The maximum Gasteiger partial charge on any atom is 0.265 e. The van der Waals surface area contributed by atoms with E-state index in [1.807, 2.05) is 56.3 Å². The van der Waals surface area contributed by atoms with Gasteiger partial charge in [-0.1, -0.05) is 30.3 Å². The monoisotopic (exact) mass is 377 g/mol. The van der Waals surface area contributed by atoms with Gasteiger partial charge in [-0.05, 0) is 37.6 Å². The lowest BCUT2D eigenvalue weighted by Gasteiger charge is -2.35. The Morgan fingerprint density at radius 3 is 2.54 bits per heavy atom. The molecular formula is C22H23N3O3. The number of benzene rings is 1. The third-order valence-electron chi connectivity index (χ3n) is 4.97. The van der Waals surface area contributed by atoms with Gasteiger partial charge in [0.15, 0.2) is 0 Å². The number of pyridine rings is 2. The molecule has 1 aromatic carbocycles. The van der Waals surface area contributed by atoms with Crippen LogP contribution in [-0.2, 0) is 11.3 Å². The van der Waals surface area contributed by atoms with E-state index in [-0.39, 0.29) is 29.2 Å². The van der Waals surface area contributed by atoms with Gasteiger partial charge in [-0.2, -0.15) is 0 Å². The molecule has 0 radical (unpaired) electrons. The number of aromatic nitrogens is 2. The lowest BCUT2D eigenvalue weighted by molar-refractivity contribution is -0.0586. The number of carbonyl (C=O) groups excluding carboxylic acids is 1. The summed E-state index contributed by atoms with van der Waals surface area (Å²) in [5.74, 6) is -0.250. The van der Waals surface area contributed by atoms with Crippen molar-refractivity contribution >= 4 is 16.9 Å². The van der Waals surface area contributed by atoms with Crippen molar-refractivity contribution < 1.29 is 9.53 Å². The molecule has 1 aliphatic heterocycles. The molecule has 144 valence electrons. The number of hydrogen-bond donors (Lipinski definition) is 0. The third kappa shape index (κ3) is 3.55. The average molecular weight is 377 g/mol. The number of morpholine rings is 1. The first-order valence-electron chi connectivity index (χ1n) is 9.50. The molecule has 6 nitrogen and oxygen atoms in total. The lowest BCUT2D eigenvalue weighted by atomic mass is 10.1. The molecule has 1 amide bonds. The fraction of sp³-hybridized carbons (Fsp3) is 0.318. The van der Waals surface area contributed by atoms with Gasteiger partial charge in [-0.15, -0.1) is 0 Å². The van der Waals surface area contributed by atoms with E-state index in [1.165, 1.54) is 0 Å². The molecule has 1 aliphatic rings. The Morgan fingerprint density at radius 2 is 1.82 bits per heavy atom. The molecule has 0 aliphatic carbocycles. The fourth-order valence-electron chi connectivity index (χ4n) is 3.79. The van der Waals surface area contributed by atoms with Gasteiger partial charge in [0.25, 0.3) is 11.5 Å². The zero-order valence-electron chi connectivity index (χ0n) is 16.0. The van der Waals surface area contributed by atoms with Gasteiger partial charge in [-0.3, -0.25) is 14.2 Å². The Bertz CT molecular complexity index is 1050. The van der Waals surface area contributed by atoms with Crippen LogP contribution >= 0.6 is 0 Å². The summed E-state index contributed by atoms with van der Waals surface area (Å²) in [6.45, 7) is 5.20. The minimum absolute atomic E-state index is 0.0543. The normalized spacial score (nSPS) is 19.7. The van der Waals surface area contributed by atoms with E-state index in [9.17, 15) is 9.59 Å². The number of ether oxygens (including phenoxy) is 1. The molecule has 28 heavy (non-hydrogen) atoms. The van der Waals surface area contributed by atoms with Crippen molar-refractivity contribution in [2.24, 2.45) is 0 Å². The molecule has 6 heteroatoms. The summed E-state index contributed by atoms with van der Waals surface area (Å²) in [6.07, 6.45) is 1.55. The van der Waals surface area contributed by atoms with Gasteiger partial charge in [0, 0.05) is 24.7 Å². The topological polar surface area (TPSA) is 64.4 Å². The Balaban J connectivity index is 1.80. The highest BCUT2D eigenvalue weighted by Gasteiger charge is 2.28. The number of nitrogens with zero attached hydrogens (tertiary/aromatic N) is 3. The van der Waals surface area contributed by atoms with Crippen LogP contribution in [0.1, 0.15) is 29.8 Å². The molecule has 0 bridgehead atoms. The predicted molar refractivity (Wildman–Crippen MR) is 107 cm³/mol. The van der Waals surface area contributed by atoms with Crippen molar-refractivity contribution in [1.82, 2.24) is 14.5 Å². The van der Waals surface area contributed by atoms with Crippen LogP contribution in [0.2, 0.25) is 0 Å². The van der Waals surface area contributed by atoms with Crippen LogP contribution in [0.4, 0.5) is 0 Å². The Morgan fingerprint density at radius 1 is 1.11 bits per heavy atom. The Kier molecular flexibility index (Phi) is 4.96. The molecule has 4 rings (SSSR count). The summed E-state index contributed by atoms with van der Waals surface area (Å²) < 4.78 is 7.31. The van der Waals surface area contributed by atoms with Crippen molar-refractivity contribution in [3.8, 4) is 0 Å². The van der Waals surface area contributed by atoms with Crippen molar-refractivity contribution in [2.45, 2.75) is 32.6 Å². The smallest absolute Gasteiger partial charge is 0.265 e. The zero-order chi connectivity index (χ0) is 19.7. The standard InChI is InChI=1S/C22H23N3O3/c1-15-12-24(13-16(2)28-15)21(26)19-11-18-9-6-10-23-20(18)25(22(19)27)14-17-7-4-3-5-8-17/h3-11,15-16H,12-14H2,1-2H3/t15-,16+. The van der Waals surface area contributed by atoms with E-state index < -0.39 is 0 Å². The number of fused-ring (bicyclic) bond motifs is 1. The van der Waals surface area contributed by atoms with Crippen molar-refractivity contribution in [3.63, 3.8) is 0 Å². The van der Waals surface area contributed by atoms with Gasteiger partial charge >= 0.3 is 0 Å². The summed E-state index contributed by atoms with van der Waals surface area (Å²) in [5, 5.41) is 0.774. The summed E-state index contributed by atoms with van der Waals surface area (Å²) in [4.78, 5) is 32.6. The first-order valence-corrected chi connectivity index (χ1v) is 9.50. The Labute approximate surface area is 163 Å². The minimum Gasteiger partial charge on any atom is -0.372 e. The molecule has 2 aromatic heterocycles. The Hall–Kier alpha value is -2.99. The highest BCUT2D eigenvalue weighted by Crippen LogP contribution is 2.17. The largest absolute Gasteiger partial charge is 0.372 e. The second-order valence-corrected chi connectivity index (χ2v) is 7.32. The summed E-state index contributed by atoms with van der Waals surface area (Å²) in [5.41, 5.74) is 1.43. The van der Waals surface area contributed by atoms with Crippen LogP contribution in [0.25, 0.3) is 11.0 Å². The lowest BCUT2D eigenvalue weighted by Crippen LogP contribution is -2.49. The quantitative estimate of drug-likeness (QED) is 0.704. The van der Waals surface area contributed by atoms with Crippen molar-refractivity contribution in [1.29, 1.82) is 0 Å². The van der Waals surface area contributed by atoms with E-state index in [0.29, 0.717) is 25.3 Å². The molecule has 3 heterocycles. The van der Waals surface area contributed by atoms with Crippen LogP contribution < -0.4 is 5.56 Å². The van der Waals surface area contributed by atoms with Gasteiger partial charge in [0.2, 0.25) is 0 Å². The van der Waals surface area contributed by atoms with Crippen LogP contribution in [0.3, 0.4) is 0 Å². The highest BCUT2D eigenvalue weighted by molar-refractivity contribution is 5.97.